The van der Waals surface area contributed by atoms with Gasteiger partial charge >= 0.3 is 5.97 Å². The highest BCUT2D eigenvalue weighted by Gasteiger charge is 2.41. The van der Waals surface area contributed by atoms with Crippen molar-refractivity contribution in [3.8, 4) is 0 Å². The van der Waals surface area contributed by atoms with Crippen LogP contribution < -0.4 is 16.4 Å². The monoisotopic (exact) mass is 606 g/mol. The first-order valence-corrected chi connectivity index (χ1v) is 14.5. The zero-order chi connectivity index (χ0) is 32.0. The van der Waals surface area contributed by atoms with Crippen molar-refractivity contribution >= 4 is 40.6 Å². The lowest BCUT2D eigenvalue weighted by Gasteiger charge is -2.32. The summed E-state index contributed by atoms with van der Waals surface area (Å²) in [6, 6.07) is 13.8. The largest absolute Gasteiger partial charge is 0.458 e. The number of nitrogens with two attached hydrogens (primary N) is 1. The summed E-state index contributed by atoms with van der Waals surface area (Å²) in [7, 11) is 0. The third-order valence-electron chi connectivity index (χ3n) is 7.15. The smallest absolute Gasteiger partial charge is 0.329 e. The number of nitrogens with one attached hydrogen (secondary N) is 2. The highest BCUT2D eigenvalue weighted by atomic mass is 16.6. The lowest BCUT2D eigenvalue weighted by molar-refractivity contribution is -0.165. The van der Waals surface area contributed by atoms with Crippen molar-refractivity contribution in [2.75, 3.05) is 6.54 Å². The maximum atomic E-state index is 13.6. The van der Waals surface area contributed by atoms with Crippen molar-refractivity contribution in [2.24, 2.45) is 5.73 Å². The molecule has 234 valence electrons. The number of aliphatic hydroxyl groups is 1. The third-order valence-corrected chi connectivity index (χ3v) is 7.15. The van der Waals surface area contributed by atoms with Crippen molar-refractivity contribution in [3.05, 3.63) is 72.0 Å². The summed E-state index contributed by atoms with van der Waals surface area (Å²) in [4.78, 5) is 66.1. The molecule has 2 heterocycles. The van der Waals surface area contributed by atoms with Gasteiger partial charge in [0.25, 0.3) is 11.8 Å². The zero-order valence-corrected chi connectivity index (χ0v) is 24.9. The number of ether oxygens (including phenoxy) is 1. The van der Waals surface area contributed by atoms with Gasteiger partial charge in [0.05, 0.1) is 12.5 Å². The summed E-state index contributed by atoms with van der Waals surface area (Å²) in [6.07, 6.45) is -1.37. The van der Waals surface area contributed by atoms with Gasteiger partial charge in [-0.2, -0.15) is 0 Å². The summed E-state index contributed by atoms with van der Waals surface area (Å²) in [5, 5.41) is 17.1. The van der Waals surface area contributed by atoms with Crippen LogP contribution >= 0.6 is 0 Å². The number of rotatable bonds is 11. The number of para-hydroxylation sites is 1. The summed E-state index contributed by atoms with van der Waals surface area (Å²) in [5.41, 5.74) is 5.79. The second kappa shape index (κ2) is 13.7. The van der Waals surface area contributed by atoms with E-state index < -0.39 is 65.8 Å². The quantitative estimate of drug-likeness (QED) is 0.239. The lowest BCUT2D eigenvalue weighted by Crippen LogP contribution is -2.58. The van der Waals surface area contributed by atoms with Gasteiger partial charge in [-0.05, 0) is 57.7 Å². The van der Waals surface area contributed by atoms with E-state index in [0.717, 1.165) is 0 Å². The Labute approximate surface area is 254 Å². The molecule has 0 radical (unpaired) electrons. The van der Waals surface area contributed by atoms with E-state index in [1.165, 1.54) is 11.0 Å². The van der Waals surface area contributed by atoms with Crippen LogP contribution in [0.4, 0.5) is 0 Å². The fourth-order valence-corrected chi connectivity index (χ4v) is 5.11. The Balaban J connectivity index is 1.54. The van der Waals surface area contributed by atoms with Gasteiger partial charge in [-0.1, -0.05) is 48.5 Å². The maximum Gasteiger partial charge on any atom is 0.329 e. The fourth-order valence-electron chi connectivity index (χ4n) is 5.11. The van der Waals surface area contributed by atoms with E-state index in [4.69, 9.17) is 14.9 Å². The Morgan fingerprint density at radius 2 is 1.73 bits per heavy atom. The SMILES string of the molecule is CC(C)(C)OC(=O)[C@@H]1CCCN1C(=O)[C@@H](O)[C@H](Cc1ccccc1)NC(=O)[C@H](CC(N)=O)NC(=O)c1cc2ccccc2o1. The number of nitrogens with zero attached hydrogens (tertiary/aromatic N) is 1. The van der Waals surface area contributed by atoms with Crippen molar-refractivity contribution in [3.63, 3.8) is 0 Å². The number of aliphatic hydroxyl groups excluding tert-OH is 1. The molecule has 2 aromatic carbocycles. The molecular formula is C32H38N4O8. The van der Waals surface area contributed by atoms with Crippen LogP contribution in [0.3, 0.4) is 0 Å². The topological polar surface area (TPSA) is 181 Å². The maximum absolute atomic E-state index is 13.6. The first-order valence-electron chi connectivity index (χ1n) is 14.5. The van der Waals surface area contributed by atoms with Gasteiger partial charge in [-0.15, -0.1) is 0 Å². The molecule has 1 fully saturated rings. The number of carbonyl (C=O) groups is 5. The Kier molecular flexibility index (Phi) is 10.0. The van der Waals surface area contributed by atoms with Crippen molar-refractivity contribution in [1.29, 1.82) is 0 Å². The average molecular weight is 607 g/mol. The predicted octanol–water partition coefficient (Wildman–Crippen LogP) is 1.83. The Morgan fingerprint density at radius 3 is 2.39 bits per heavy atom. The number of hydrogen-bond donors (Lipinski definition) is 4. The number of amides is 4. The molecule has 3 aromatic rings. The molecule has 4 amide bonds. The van der Waals surface area contributed by atoms with Crippen LogP contribution in [0.2, 0.25) is 0 Å². The third kappa shape index (κ3) is 8.22. The Hall–Kier alpha value is -4.71. The number of likely N-dealkylation sites (tertiary alicyclic amines) is 1. The molecule has 1 aromatic heterocycles. The van der Waals surface area contributed by atoms with Gasteiger partial charge in [-0.3, -0.25) is 19.2 Å². The van der Waals surface area contributed by atoms with Crippen molar-refractivity contribution < 1.29 is 38.2 Å². The minimum absolute atomic E-state index is 0.0330. The van der Waals surface area contributed by atoms with Gasteiger partial charge in [0.2, 0.25) is 11.8 Å². The van der Waals surface area contributed by atoms with Gasteiger partial charge in [0.15, 0.2) is 11.9 Å². The van der Waals surface area contributed by atoms with E-state index in [2.05, 4.69) is 10.6 Å². The highest BCUT2D eigenvalue weighted by Crippen LogP contribution is 2.23. The minimum Gasteiger partial charge on any atom is -0.458 e. The van der Waals surface area contributed by atoms with Gasteiger partial charge < -0.3 is 35.5 Å². The minimum atomic E-state index is -1.76. The number of carbonyl (C=O) groups excluding carboxylic acids is 5. The standard InChI is InChI=1S/C32H38N4O8/c1-32(2,3)44-31(42)23-13-9-15-36(23)30(41)27(38)21(16-19-10-5-4-6-11-19)34-28(39)22(18-26(33)37)35-29(40)25-17-20-12-7-8-14-24(20)43-25/h4-8,10-12,14,17,21-23,27,38H,9,13,15-16,18H2,1-3H3,(H2,33,37)(H,34,39)(H,35,40)/t21-,22-,23-,27-/m0/s1. The van der Waals surface area contributed by atoms with Crippen LogP contribution in [-0.4, -0.2) is 76.0 Å². The molecule has 5 N–H and O–H groups in total. The van der Waals surface area contributed by atoms with Crippen LogP contribution in [0.15, 0.2) is 65.1 Å². The molecule has 4 atom stereocenters. The van der Waals surface area contributed by atoms with E-state index in [1.54, 1.807) is 75.4 Å². The number of hydrogen-bond acceptors (Lipinski definition) is 8. The predicted molar refractivity (Wildman–Crippen MR) is 160 cm³/mol. The molecule has 0 spiro atoms. The number of benzene rings is 2. The van der Waals surface area contributed by atoms with Gasteiger partial charge in [0, 0.05) is 11.9 Å². The Morgan fingerprint density at radius 1 is 1.05 bits per heavy atom. The molecule has 0 unspecified atom stereocenters. The van der Waals surface area contributed by atoms with E-state index in [1.807, 2.05) is 0 Å². The molecule has 1 aliphatic heterocycles. The molecule has 4 rings (SSSR count). The van der Waals surface area contributed by atoms with E-state index >= 15 is 0 Å². The normalized spacial score (nSPS) is 17.0. The first-order chi connectivity index (χ1) is 20.8. The second-order valence-electron chi connectivity index (χ2n) is 11.8. The van der Waals surface area contributed by atoms with Crippen LogP contribution in [0, 0.1) is 0 Å². The first kappa shape index (κ1) is 32.2. The average Bonchev–Trinajstić information content (AvgIpc) is 3.63. The van der Waals surface area contributed by atoms with Crippen LogP contribution in [0.1, 0.15) is 56.2 Å². The number of fused-ring (bicyclic) bond motifs is 1. The molecule has 12 heteroatoms. The Bertz CT molecular complexity index is 1480. The molecule has 44 heavy (non-hydrogen) atoms. The fraction of sp³-hybridized carbons (Fsp3) is 0.406. The van der Waals surface area contributed by atoms with E-state index in [0.29, 0.717) is 29.4 Å². The van der Waals surface area contributed by atoms with Gasteiger partial charge in [-0.25, -0.2) is 4.79 Å². The summed E-state index contributed by atoms with van der Waals surface area (Å²) >= 11 is 0. The van der Waals surface area contributed by atoms with Crippen molar-refractivity contribution in [2.45, 2.75) is 76.3 Å². The summed E-state index contributed by atoms with van der Waals surface area (Å²) in [6.45, 7) is 5.40. The highest BCUT2D eigenvalue weighted by molar-refractivity contribution is 6.00. The number of furan rings is 1. The summed E-state index contributed by atoms with van der Waals surface area (Å²) < 4.78 is 11.1. The zero-order valence-electron chi connectivity index (χ0n) is 24.9. The molecule has 1 saturated heterocycles. The number of esters is 1. The molecular weight excluding hydrogens is 568 g/mol. The van der Waals surface area contributed by atoms with E-state index in [9.17, 15) is 29.1 Å². The number of primary amides is 1. The summed E-state index contributed by atoms with van der Waals surface area (Å²) in [5.74, 6) is -3.86. The van der Waals surface area contributed by atoms with E-state index in [-0.39, 0.29) is 18.7 Å². The molecule has 12 nitrogen and oxygen atoms in total. The van der Waals surface area contributed by atoms with Crippen LogP contribution in [0.5, 0.6) is 0 Å². The molecule has 0 bridgehead atoms. The van der Waals surface area contributed by atoms with Crippen LogP contribution in [0.25, 0.3) is 11.0 Å². The lowest BCUT2D eigenvalue weighted by atomic mass is 9.99. The molecule has 1 aliphatic rings. The van der Waals surface area contributed by atoms with Crippen LogP contribution in [-0.2, 0) is 30.3 Å². The molecule has 0 aliphatic carbocycles. The molecule has 0 saturated carbocycles. The second-order valence-corrected chi connectivity index (χ2v) is 11.8. The van der Waals surface area contributed by atoms with Gasteiger partial charge in [0.1, 0.15) is 23.3 Å². The van der Waals surface area contributed by atoms with Crippen molar-refractivity contribution in [1.82, 2.24) is 15.5 Å².